The Balaban J connectivity index is 2.66. The summed E-state index contributed by atoms with van der Waals surface area (Å²) in [6.07, 6.45) is 1.20. The zero-order chi connectivity index (χ0) is 12.9. The summed E-state index contributed by atoms with van der Waals surface area (Å²) in [4.78, 5) is 13.9. The first-order chi connectivity index (χ1) is 7.94. The molecule has 0 fully saturated rings. The van der Waals surface area contributed by atoms with Crippen LogP contribution in [0.5, 0.6) is 0 Å². The highest BCUT2D eigenvalue weighted by atomic mass is 16.2. The van der Waals surface area contributed by atoms with Crippen LogP contribution in [0.4, 0.5) is 5.69 Å². The molecular formula is C14H22N2O. The Hall–Kier alpha value is -1.35. The van der Waals surface area contributed by atoms with E-state index in [2.05, 4.69) is 0 Å². The highest BCUT2D eigenvalue weighted by molar-refractivity contribution is 5.93. The number of carbonyl (C=O) groups is 1. The van der Waals surface area contributed by atoms with Crippen LogP contribution in [0.25, 0.3) is 0 Å². The Morgan fingerprint density at radius 3 is 2.35 bits per heavy atom. The molecule has 0 aliphatic carbocycles. The average molecular weight is 234 g/mol. The van der Waals surface area contributed by atoms with Gasteiger partial charge >= 0.3 is 0 Å². The van der Waals surface area contributed by atoms with E-state index in [1.807, 2.05) is 51.1 Å². The van der Waals surface area contributed by atoms with Gasteiger partial charge in [0.05, 0.1) is 0 Å². The molecule has 0 spiro atoms. The van der Waals surface area contributed by atoms with Gasteiger partial charge in [-0.3, -0.25) is 4.79 Å². The fourth-order valence-corrected chi connectivity index (χ4v) is 1.67. The third kappa shape index (κ3) is 4.57. The minimum absolute atomic E-state index is 0.136. The number of benzene rings is 1. The number of hydrogen-bond acceptors (Lipinski definition) is 2. The van der Waals surface area contributed by atoms with Crippen molar-refractivity contribution in [3.63, 3.8) is 0 Å². The van der Waals surface area contributed by atoms with Crippen LogP contribution in [0.3, 0.4) is 0 Å². The Labute approximate surface area is 104 Å². The molecule has 1 aromatic rings. The standard InChI is InChI=1S/C14H22N2O/c1-4-16(12-8-6-5-7-9-12)13(17)10-11-14(2,3)15/h5-9H,4,10-11,15H2,1-3H3. The fraction of sp³-hybridized carbons (Fsp3) is 0.500. The van der Waals surface area contributed by atoms with Crippen LogP contribution in [0, 0.1) is 0 Å². The molecule has 0 heterocycles. The normalized spacial score (nSPS) is 11.3. The van der Waals surface area contributed by atoms with Crippen molar-refractivity contribution in [1.29, 1.82) is 0 Å². The summed E-state index contributed by atoms with van der Waals surface area (Å²) < 4.78 is 0. The molecule has 3 nitrogen and oxygen atoms in total. The van der Waals surface area contributed by atoms with Gasteiger partial charge in [-0.2, -0.15) is 0 Å². The fourth-order valence-electron chi connectivity index (χ4n) is 1.67. The average Bonchev–Trinajstić information content (AvgIpc) is 2.28. The van der Waals surface area contributed by atoms with Crippen molar-refractivity contribution in [2.45, 2.75) is 39.2 Å². The Morgan fingerprint density at radius 2 is 1.88 bits per heavy atom. The van der Waals surface area contributed by atoms with Gasteiger partial charge in [0.2, 0.25) is 5.91 Å². The number of nitrogens with zero attached hydrogens (tertiary/aromatic N) is 1. The summed E-state index contributed by atoms with van der Waals surface area (Å²) >= 11 is 0. The summed E-state index contributed by atoms with van der Waals surface area (Å²) in [5, 5.41) is 0. The quantitative estimate of drug-likeness (QED) is 0.851. The van der Waals surface area contributed by atoms with Gasteiger partial charge in [0.25, 0.3) is 0 Å². The predicted molar refractivity (Wildman–Crippen MR) is 72.0 cm³/mol. The van der Waals surface area contributed by atoms with Crippen LogP contribution < -0.4 is 10.6 Å². The molecule has 3 heteroatoms. The van der Waals surface area contributed by atoms with Crippen molar-refractivity contribution < 1.29 is 4.79 Å². The molecule has 0 saturated carbocycles. The molecule has 0 aliphatic rings. The largest absolute Gasteiger partial charge is 0.326 e. The summed E-state index contributed by atoms with van der Waals surface area (Å²) in [6, 6.07) is 9.74. The van der Waals surface area contributed by atoms with Crippen LogP contribution in [0.2, 0.25) is 0 Å². The van der Waals surface area contributed by atoms with Crippen molar-refractivity contribution in [3.8, 4) is 0 Å². The van der Waals surface area contributed by atoms with Gasteiger partial charge < -0.3 is 10.6 Å². The van der Waals surface area contributed by atoms with Gasteiger partial charge in [0.1, 0.15) is 0 Å². The van der Waals surface area contributed by atoms with Crippen LogP contribution in [-0.2, 0) is 4.79 Å². The van der Waals surface area contributed by atoms with Gasteiger partial charge in [-0.05, 0) is 39.3 Å². The smallest absolute Gasteiger partial charge is 0.227 e. The maximum absolute atomic E-state index is 12.1. The van der Waals surface area contributed by atoms with Crippen LogP contribution in [-0.4, -0.2) is 18.0 Å². The second kappa shape index (κ2) is 5.82. The number of amides is 1. The van der Waals surface area contributed by atoms with Crippen molar-refractivity contribution in [1.82, 2.24) is 0 Å². The lowest BCUT2D eigenvalue weighted by molar-refractivity contribution is -0.118. The van der Waals surface area contributed by atoms with Crippen LogP contribution in [0.1, 0.15) is 33.6 Å². The molecule has 1 rings (SSSR count). The Morgan fingerprint density at radius 1 is 1.29 bits per heavy atom. The molecule has 0 unspecified atom stereocenters. The lowest BCUT2D eigenvalue weighted by atomic mass is 9.99. The highest BCUT2D eigenvalue weighted by Gasteiger charge is 2.17. The number of nitrogens with two attached hydrogens (primary N) is 1. The summed E-state index contributed by atoms with van der Waals surface area (Å²) in [5.74, 6) is 0.136. The van der Waals surface area contributed by atoms with Gasteiger partial charge in [-0.25, -0.2) is 0 Å². The van der Waals surface area contributed by atoms with Crippen molar-refractivity contribution >= 4 is 11.6 Å². The lowest BCUT2D eigenvalue weighted by Gasteiger charge is -2.24. The van der Waals surface area contributed by atoms with Crippen molar-refractivity contribution in [3.05, 3.63) is 30.3 Å². The van der Waals surface area contributed by atoms with Gasteiger partial charge in [0.15, 0.2) is 0 Å². The second-order valence-corrected chi connectivity index (χ2v) is 4.96. The SMILES string of the molecule is CCN(C(=O)CCC(C)(C)N)c1ccccc1. The highest BCUT2D eigenvalue weighted by Crippen LogP contribution is 2.16. The molecule has 94 valence electrons. The van der Waals surface area contributed by atoms with E-state index in [0.717, 1.165) is 5.69 Å². The topological polar surface area (TPSA) is 46.3 Å². The Bertz CT molecular complexity index is 354. The molecule has 0 saturated heterocycles. The number of rotatable bonds is 5. The first-order valence-electron chi connectivity index (χ1n) is 6.08. The van der Waals surface area contributed by atoms with Gasteiger partial charge in [-0.15, -0.1) is 0 Å². The Kier molecular flexibility index (Phi) is 4.70. The number of hydrogen-bond donors (Lipinski definition) is 1. The third-order valence-electron chi connectivity index (χ3n) is 2.67. The molecule has 1 amide bonds. The molecule has 0 bridgehead atoms. The molecule has 0 atom stereocenters. The minimum Gasteiger partial charge on any atom is -0.326 e. The maximum atomic E-state index is 12.1. The van der Waals surface area contributed by atoms with Crippen molar-refractivity contribution in [2.75, 3.05) is 11.4 Å². The maximum Gasteiger partial charge on any atom is 0.227 e. The molecule has 1 aromatic carbocycles. The van der Waals surface area contributed by atoms with Crippen LogP contribution >= 0.6 is 0 Å². The number of para-hydroxylation sites is 1. The number of carbonyl (C=O) groups excluding carboxylic acids is 1. The molecule has 0 aromatic heterocycles. The zero-order valence-electron chi connectivity index (χ0n) is 10.9. The third-order valence-corrected chi connectivity index (χ3v) is 2.67. The molecule has 2 N–H and O–H groups in total. The van der Waals surface area contributed by atoms with E-state index in [0.29, 0.717) is 19.4 Å². The molecule has 0 radical (unpaired) electrons. The molecular weight excluding hydrogens is 212 g/mol. The van der Waals surface area contributed by atoms with E-state index in [-0.39, 0.29) is 11.4 Å². The lowest BCUT2D eigenvalue weighted by Crippen LogP contribution is -2.36. The van der Waals surface area contributed by atoms with E-state index >= 15 is 0 Å². The van der Waals surface area contributed by atoms with E-state index in [4.69, 9.17) is 5.73 Å². The zero-order valence-corrected chi connectivity index (χ0v) is 10.9. The minimum atomic E-state index is -0.286. The number of anilines is 1. The molecule has 17 heavy (non-hydrogen) atoms. The van der Waals surface area contributed by atoms with E-state index in [9.17, 15) is 4.79 Å². The first kappa shape index (κ1) is 13.7. The second-order valence-electron chi connectivity index (χ2n) is 4.96. The van der Waals surface area contributed by atoms with Crippen molar-refractivity contribution in [2.24, 2.45) is 5.73 Å². The van der Waals surface area contributed by atoms with E-state index < -0.39 is 0 Å². The van der Waals surface area contributed by atoms with E-state index in [1.54, 1.807) is 4.90 Å². The van der Waals surface area contributed by atoms with E-state index in [1.165, 1.54) is 0 Å². The summed E-state index contributed by atoms with van der Waals surface area (Å²) in [7, 11) is 0. The summed E-state index contributed by atoms with van der Waals surface area (Å²) in [6.45, 7) is 6.56. The molecule has 0 aliphatic heterocycles. The van der Waals surface area contributed by atoms with Gasteiger partial charge in [-0.1, -0.05) is 18.2 Å². The first-order valence-corrected chi connectivity index (χ1v) is 6.08. The van der Waals surface area contributed by atoms with Gasteiger partial charge in [0, 0.05) is 24.2 Å². The van der Waals surface area contributed by atoms with Crippen LogP contribution in [0.15, 0.2) is 30.3 Å². The summed E-state index contributed by atoms with van der Waals surface area (Å²) in [5.41, 5.74) is 6.56. The predicted octanol–water partition coefficient (Wildman–Crippen LogP) is 2.56. The monoisotopic (exact) mass is 234 g/mol.